The first-order chi connectivity index (χ1) is 11.0. The van der Waals surface area contributed by atoms with Crippen molar-refractivity contribution in [3.8, 4) is 0 Å². The van der Waals surface area contributed by atoms with Crippen LogP contribution in [0.25, 0.3) is 0 Å². The average molecular weight is 407 g/mol. The second kappa shape index (κ2) is 7.01. The molecule has 24 heavy (non-hydrogen) atoms. The summed E-state index contributed by atoms with van der Waals surface area (Å²) in [7, 11) is -0.698. The molecule has 1 heterocycles. The largest absolute Gasteiger partial charge is 0.322 e. The minimum absolute atomic E-state index is 0.111. The number of carbonyl (C=O) groups is 1. The third-order valence-electron chi connectivity index (χ3n) is 3.57. The molecule has 0 fully saturated rings. The van der Waals surface area contributed by atoms with Gasteiger partial charge in [0.2, 0.25) is 10.0 Å². The molecule has 1 amide bonds. The summed E-state index contributed by atoms with van der Waals surface area (Å²) in [6, 6.07) is 4.50. The maximum absolute atomic E-state index is 12.4. The fourth-order valence-corrected chi connectivity index (χ4v) is 4.47. The molecular weight excluding hydrogens is 391 g/mol. The van der Waals surface area contributed by atoms with E-state index in [9.17, 15) is 13.2 Å². The number of carbonyl (C=O) groups excluding carboxylic acids is 1. The van der Waals surface area contributed by atoms with Crippen LogP contribution in [0.2, 0.25) is 8.67 Å². The van der Waals surface area contributed by atoms with Gasteiger partial charge in [-0.25, -0.2) is 12.7 Å². The monoisotopic (exact) mass is 406 g/mol. The molecule has 2 aromatic rings. The van der Waals surface area contributed by atoms with Crippen LogP contribution in [0.1, 0.15) is 21.5 Å². The lowest BCUT2D eigenvalue weighted by atomic mass is 10.1. The number of hydrogen-bond donors (Lipinski definition) is 1. The highest BCUT2D eigenvalue weighted by atomic mass is 35.5. The number of sulfonamides is 1. The number of halogens is 2. The normalized spacial score (nSPS) is 11.8. The van der Waals surface area contributed by atoms with Gasteiger partial charge in [-0.2, -0.15) is 0 Å². The minimum Gasteiger partial charge on any atom is -0.322 e. The number of nitrogens with zero attached hydrogens (tertiary/aromatic N) is 1. The van der Waals surface area contributed by atoms with Crippen LogP contribution in [-0.2, 0) is 10.0 Å². The third-order valence-corrected chi connectivity index (χ3v) is 6.85. The van der Waals surface area contributed by atoms with E-state index in [1.165, 1.54) is 26.2 Å². The Morgan fingerprint density at radius 3 is 2.29 bits per heavy atom. The van der Waals surface area contributed by atoms with E-state index in [1.807, 2.05) is 0 Å². The van der Waals surface area contributed by atoms with Gasteiger partial charge >= 0.3 is 0 Å². The van der Waals surface area contributed by atoms with Crippen molar-refractivity contribution < 1.29 is 13.2 Å². The van der Waals surface area contributed by atoms with Crippen LogP contribution >= 0.6 is 34.5 Å². The number of amides is 1. The van der Waals surface area contributed by atoms with Crippen molar-refractivity contribution >= 4 is 56.2 Å². The van der Waals surface area contributed by atoms with E-state index in [1.54, 1.807) is 19.9 Å². The van der Waals surface area contributed by atoms with Gasteiger partial charge in [-0.15, -0.1) is 11.3 Å². The molecule has 0 unspecified atom stereocenters. The molecule has 0 bridgehead atoms. The predicted octanol–water partition coefficient (Wildman–Crippen LogP) is 4.17. The molecule has 0 aliphatic rings. The predicted molar refractivity (Wildman–Crippen MR) is 99.1 cm³/mol. The van der Waals surface area contributed by atoms with Crippen molar-refractivity contribution in [3.63, 3.8) is 0 Å². The van der Waals surface area contributed by atoms with Crippen LogP contribution in [-0.4, -0.2) is 32.7 Å². The molecule has 1 aromatic carbocycles. The van der Waals surface area contributed by atoms with Crippen molar-refractivity contribution in [1.82, 2.24) is 4.31 Å². The van der Waals surface area contributed by atoms with E-state index in [2.05, 4.69) is 5.32 Å². The standard InChI is InChI=1S/C15H16Cl2N2O3S2/c1-8-5-10(24(21,22)19(3)4)6-12(9(8)2)18-15(20)11-7-13(16)23-14(11)17/h5-7H,1-4H3,(H,18,20). The fraction of sp³-hybridized carbons (Fsp3) is 0.267. The van der Waals surface area contributed by atoms with Crippen LogP contribution in [0, 0.1) is 13.8 Å². The molecule has 0 saturated heterocycles. The van der Waals surface area contributed by atoms with Crippen LogP contribution in [0.4, 0.5) is 5.69 Å². The van der Waals surface area contributed by atoms with E-state index >= 15 is 0 Å². The second-order valence-corrected chi connectivity index (χ2v) is 9.83. The van der Waals surface area contributed by atoms with E-state index in [-0.39, 0.29) is 14.8 Å². The first kappa shape index (κ1) is 19.2. The highest BCUT2D eigenvalue weighted by Crippen LogP contribution is 2.32. The molecule has 1 aromatic heterocycles. The van der Waals surface area contributed by atoms with Gasteiger partial charge in [-0.1, -0.05) is 23.2 Å². The minimum atomic E-state index is -3.61. The number of aryl methyl sites for hydroxylation is 1. The molecule has 0 saturated carbocycles. The number of thiophene rings is 1. The van der Waals surface area contributed by atoms with Crippen molar-refractivity contribution in [1.29, 1.82) is 0 Å². The van der Waals surface area contributed by atoms with Gasteiger partial charge in [0, 0.05) is 19.8 Å². The van der Waals surface area contributed by atoms with Crippen LogP contribution in [0.3, 0.4) is 0 Å². The molecular formula is C15H16Cl2N2O3S2. The van der Waals surface area contributed by atoms with Gasteiger partial charge in [0.1, 0.15) is 4.34 Å². The van der Waals surface area contributed by atoms with E-state index in [4.69, 9.17) is 23.2 Å². The first-order valence-corrected chi connectivity index (χ1v) is 9.85. The molecule has 5 nitrogen and oxygen atoms in total. The SMILES string of the molecule is Cc1cc(S(=O)(=O)N(C)C)cc(NC(=O)c2cc(Cl)sc2Cl)c1C. The van der Waals surface area contributed by atoms with Gasteiger partial charge in [-0.05, 0) is 43.2 Å². The summed E-state index contributed by atoms with van der Waals surface area (Å²) >= 11 is 12.9. The van der Waals surface area contributed by atoms with E-state index < -0.39 is 15.9 Å². The topological polar surface area (TPSA) is 66.5 Å². The van der Waals surface area contributed by atoms with Crippen LogP contribution in [0.15, 0.2) is 23.1 Å². The lowest BCUT2D eigenvalue weighted by Crippen LogP contribution is -2.23. The molecule has 1 N–H and O–H groups in total. The Labute approximate surface area is 155 Å². The molecule has 0 radical (unpaired) electrons. The summed E-state index contributed by atoms with van der Waals surface area (Å²) in [5.74, 6) is -0.440. The van der Waals surface area contributed by atoms with E-state index in [0.29, 0.717) is 10.0 Å². The summed E-state index contributed by atoms with van der Waals surface area (Å²) in [6.07, 6.45) is 0. The molecule has 9 heteroatoms. The second-order valence-electron chi connectivity index (χ2n) is 5.39. The summed E-state index contributed by atoms with van der Waals surface area (Å²) in [6.45, 7) is 3.59. The molecule has 0 aliphatic carbocycles. The van der Waals surface area contributed by atoms with Gasteiger partial charge in [0.15, 0.2) is 0 Å². The zero-order valence-electron chi connectivity index (χ0n) is 13.5. The van der Waals surface area contributed by atoms with Gasteiger partial charge in [0.05, 0.1) is 14.8 Å². The Bertz CT molecular complexity index is 906. The van der Waals surface area contributed by atoms with Crippen molar-refractivity contribution in [2.75, 3.05) is 19.4 Å². The lowest BCUT2D eigenvalue weighted by molar-refractivity contribution is 0.102. The first-order valence-electron chi connectivity index (χ1n) is 6.84. The van der Waals surface area contributed by atoms with Crippen molar-refractivity contribution in [2.24, 2.45) is 0 Å². The summed E-state index contributed by atoms with van der Waals surface area (Å²) in [5, 5.41) is 2.71. The van der Waals surface area contributed by atoms with Crippen LogP contribution < -0.4 is 5.32 Å². The molecule has 0 spiro atoms. The highest BCUT2D eigenvalue weighted by Gasteiger charge is 2.21. The number of anilines is 1. The Balaban J connectivity index is 2.46. The van der Waals surface area contributed by atoms with Crippen molar-refractivity contribution in [2.45, 2.75) is 18.7 Å². The molecule has 2 rings (SSSR count). The smallest absolute Gasteiger partial charge is 0.258 e. The number of hydrogen-bond acceptors (Lipinski definition) is 4. The van der Waals surface area contributed by atoms with Gasteiger partial charge in [-0.3, -0.25) is 4.79 Å². The summed E-state index contributed by atoms with van der Waals surface area (Å²) in [4.78, 5) is 12.5. The van der Waals surface area contributed by atoms with E-state index in [0.717, 1.165) is 26.8 Å². The molecule has 0 atom stereocenters. The van der Waals surface area contributed by atoms with Crippen molar-refractivity contribution in [3.05, 3.63) is 43.6 Å². The number of rotatable bonds is 4. The Hall–Kier alpha value is -1.12. The zero-order valence-corrected chi connectivity index (χ0v) is 16.6. The number of benzene rings is 1. The molecule has 130 valence electrons. The Morgan fingerprint density at radius 2 is 1.79 bits per heavy atom. The quantitative estimate of drug-likeness (QED) is 0.827. The summed E-state index contributed by atoms with van der Waals surface area (Å²) in [5.41, 5.74) is 2.20. The number of nitrogens with one attached hydrogen (secondary N) is 1. The maximum Gasteiger partial charge on any atom is 0.258 e. The maximum atomic E-state index is 12.4. The lowest BCUT2D eigenvalue weighted by Gasteiger charge is -2.16. The van der Waals surface area contributed by atoms with Gasteiger partial charge in [0.25, 0.3) is 5.91 Å². The summed E-state index contributed by atoms with van der Waals surface area (Å²) < 4.78 is 26.5. The Kier molecular flexibility index (Phi) is 5.61. The third kappa shape index (κ3) is 3.75. The van der Waals surface area contributed by atoms with Gasteiger partial charge < -0.3 is 5.32 Å². The zero-order chi connectivity index (χ0) is 18.2. The Morgan fingerprint density at radius 1 is 1.17 bits per heavy atom. The fourth-order valence-electron chi connectivity index (χ4n) is 2.00. The molecule has 0 aliphatic heterocycles. The van der Waals surface area contributed by atoms with Crippen LogP contribution in [0.5, 0.6) is 0 Å². The highest BCUT2D eigenvalue weighted by molar-refractivity contribution is 7.89. The average Bonchev–Trinajstić information content (AvgIpc) is 2.82.